The number of rotatable bonds is 35. The summed E-state index contributed by atoms with van der Waals surface area (Å²) in [5.74, 6) is -1.95. The van der Waals surface area contributed by atoms with Crippen LogP contribution in [-0.2, 0) is 37.4 Å². The summed E-state index contributed by atoms with van der Waals surface area (Å²) < 4.78 is 68.6. The molecule has 1 amide bonds. The third-order valence-electron chi connectivity index (χ3n) is 19.1. The molecule has 5 aromatic carbocycles. The van der Waals surface area contributed by atoms with E-state index < -0.39 is 52.5 Å². The van der Waals surface area contributed by atoms with Gasteiger partial charge in [0.2, 0.25) is 16.0 Å². The molecule has 0 bridgehead atoms. The van der Waals surface area contributed by atoms with E-state index in [9.17, 15) is 71.4 Å². The standard InChI is InChI=1S/C36H41FN2O4.C29H40FNO3.C25H34FN3O5S/c1-23(2)31(42)22-30(41)21-29(40)19-20-39-34(24(3)4)33(36(43)38-28-13-9-6-10-14-28)32(25-11-7-5-8-12-25)35(39)26-15-17-27(37)18-16-26;1-8-24-27(20-9-11-21(30)12-10-20)25(29(19(6)7)31-28(24)18(4)5)14-13-22(32)15-23(33)16-26(34)17(2)3;1-15(2)22(32)14-20(31)13-19(30)11-12-21-23(16(3)4)27-25(29(5)35(6,33)34)28-24(21)17-7-9-18(26)10-8-17/h5-18,23-24,29-30,40-41H,19-22H2,1-4H3,(H,38,43);9-14,17-19,22-23,32-33H,8,15-16H2,1-7H3;7-12,15-16,19-20,30-31H,13-14H2,1-6H3/b;14-13+;12-11+. The Kier molecular flexibility index (Phi) is 34.9. The Morgan fingerprint density at radius 2 is 0.902 bits per heavy atom. The number of carbonyl (C=O) groups excluding carboxylic acids is 4. The second-order valence-electron chi connectivity index (χ2n) is 30.8. The molecule has 0 aliphatic carbocycles. The van der Waals surface area contributed by atoms with Crippen molar-refractivity contribution in [3.8, 4) is 44.8 Å². The highest BCUT2D eigenvalue weighted by atomic mass is 32.2. The van der Waals surface area contributed by atoms with Crippen molar-refractivity contribution in [2.75, 3.05) is 22.9 Å². The molecule has 0 fully saturated rings. The van der Waals surface area contributed by atoms with E-state index in [-0.39, 0.29) is 127 Å². The van der Waals surface area contributed by atoms with E-state index in [4.69, 9.17) is 4.98 Å². The summed E-state index contributed by atoms with van der Waals surface area (Å²) in [6.07, 6.45) is 3.13. The van der Waals surface area contributed by atoms with Crippen molar-refractivity contribution in [1.29, 1.82) is 0 Å². The molecule has 18 nitrogen and oxygen atoms in total. The number of benzene rings is 5. The first-order valence-electron chi connectivity index (χ1n) is 38.6. The fourth-order valence-corrected chi connectivity index (χ4v) is 13.3. The molecular weight excluding hydrogens is 1450 g/mol. The van der Waals surface area contributed by atoms with Crippen LogP contribution in [-0.4, -0.2) is 132 Å². The normalized spacial score (nSPS) is 13.5. The zero-order valence-electron chi connectivity index (χ0n) is 67.8. The van der Waals surface area contributed by atoms with Crippen molar-refractivity contribution in [3.05, 3.63) is 208 Å². The number of aliphatic hydroxyl groups excluding tert-OH is 6. The summed E-state index contributed by atoms with van der Waals surface area (Å²) in [6, 6.07) is 37.2. The summed E-state index contributed by atoms with van der Waals surface area (Å²) in [7, 11) is -2.29. The Balaban J connectivity index is 0.000000265. The molecule has 22 heteroatoms. The minimum Gasteiger partial charge on any atom is -0.393 e. The lowest BCUT2D eigenvalue weighted by atomic mass is 9.86. The van der Waals surface area contributed by atoms with Crippen LogP contribution < -0.4 is 9.62 Å². The van der Waals surface area contributed by atoms with Crippen molar-refractivity contribution in [2.45, 2.75) is 222 Å². The quantitative estimate of drug-likeness (QED) is 0.0194. The predicted molar refractivity (Wildman–Crippen MR) is 442 cm³/mol. The third-order valence-corrected chi connectivity index (χ3v) is 20.3. The van der Waals surface area contributed by atoms with Crippen molar-refractivity contribution < 1.29 is 71.4 Å². The van der Waals surface area contributed by atoms with Gasteiger partial charge in [-0.25, -0.2) is 35.9 Å². The number of anilines is 2. The number of pyridine rings is 1. The smallest absolute Gasteiger partial charge is 0.258 e. The van der Waals surface area contributed by atoms with Crippen LogP contribution in [0, 0.1) is 35.2 Å². The number of amides is 1. The van der Waals surface area contributed by atoms with Crippen LogP contribution in [0.1, 0.15) is 222 Å². The van der Waals surface area contributed by atoms with Gasteiger partial charge in [-0.05, 0) is 144 Å². The number of nitrogens with zero attached hydrogens (tertiary/aromatic N) is 5. The molecule has 8 aromatic rings. The molecule has 112 heavy (non-hydrogen) atoms. The van der Waals surface area contributed by atoms with Crippen LogP contribution in [0.25, 0.3) is 56.9 Å². The van der Waals surface area contributed by atoms with Crippen LogP contribution in [0.5, 0.6) is 0 Å². The number of hydrogen-bond donors (Lipinski definition) is 7. The molecule has 6 unspecified atom stereocenters. The van der Waals surface area contributed by atoms with Crippen LogP contribution >= 0.6 is 0 Å². The molecule has 3 heterocycles. The van der Waals surface area contributed by atoms with Crippen molar-refractivity contribution in [2.24, 2.45) is 17.8 Å². The highest BCUT2D eigenvalue weighted by Gasteiger charge is 2.32. The Morgan fingerprint density at radius 3 is 1.33 bits per heavy atom. The fourth-order valence-electron chi connectivity index (χ4n) is 13.0. The minimum absolute atomic E-state index is 0.00171. The molecule has 0 aliphatic heterocycles. The summed E-state index contributed by atoms with van der Waals surface area (Å²) in [4.78, 5) is 64.0. The molecule has 0 spiro atoms. The van der Waals surface area contributed by atoms with E-state index in [1.165, 1.54) is 61.7 Å². The molecule has 0 saturated carbocycles. The first kappa shape index (κ1) is 91.7. The van der Waals surface area contributed by atoms with Crippen LogP contribution in [0.2, 0.25) is 0 Å². The second-order valence-corrected chi connectivity index (χ2v) is 32.8. The Labute approximate surface area is 660 Å². The van der Waals surface area contributed by atoms with Gasteiger partial charge in [-0.15, -0.1) is 0 Å². The fraction of sp³-hybridized carbons (Fsp3) is 0.433. The van der Waals surface area contributed by atoms with E-state index in [0.29, 0.717) is 40.3 Å². The van der Waals surface area contributed by atoms with Gasteiger partial charge in [0, 0.05) is 103 Å². The molecule has 0 saturated heterocycles. The number of ketones is 3. The van der Waals surface area contributed by atoms with Gasteiger partial charge in [0.15, 0.2) is 0 Å². The topological polar surface area (TPSA) is 283 Å². The monoisotopic (exact) mass is 1560 g/mol. The molecular formula is C90H115F3N6O12S. The number of para-hydroxylation sites is 1. The predicted octanol–water partition coefficient (Wildman–Crippen LogP) is 17.4. The van der Waals surface area contributed by atoms with Gasteiger partial charge >= 0.3 is 0 Å². The number of carbonyl (C=O) groups is 4. The van der Waals surface area contributed by atoms with Gasteiger partial charge in [-0.3, -0.25) is 24.2 Å². The Bertz CT molecular complexity index is 4580. The number of nitrogens with one attached hydrogen (secondary N) is 1. The highest BCUT2D eigenvalue weighted by Crippen LogP contribution is 2.44. The van der Waals surface area contributed by atoms with E-state index >= 15 is 0 Å². The minimum atomic E-state index is -3.64. The lowest BCUT2D eigenvalue weighted by Gasteiger charge is -2.23. The Morgan fingerprint density at radius 1 is 0.491 bits per heavy atom. The second kappa shape index (κ2) is 42.7. The lowest BCUT2D eigenvalue weighted by molar-refractivity contribution is -0.125. The summed E-state index contributed by atoms with van der Waals surface area (Å²) in [5.41, 5.74) is 12.8. The van der Waals surface area contributed by atoms with Crippen molar-refractivity contribution in [1.82, 2.24) is 19.5 Å². The van der Waals surface area contributed by atoms with Gasteiger partial charge in [0.05, 0.1) is 71.2 Å². The number of Topliss-reactive ketones (excluding diaryl/α,β-unsaturated/α-hetero) is 3. The Hall–Kier alpha value is -9.13. The van der Waals surface area contributed by atoms with Gasteiger partial charge in [0.1, 0.15) is 34.8 Å². The number of aromatic nitrogens is 4. The van der Waals surface area contributed by atoms with E-state index in [1.54, 1.807) is 78.0 Å². The molecule has 604 valence electrons. The molecule has 7 N–H and O–H groups in total. The number of hydrogen-bond acceptors (Lipinski definition) is 15. The first-order valence-corrected chi connectivity index (χ1v) is 40.5. The SMILES string of the molecule is CC(C)C(=O)CC(O)CC(O)/C=C/c1c(-c2ccc(F)cc2)nc(N(C)S(C)(=O)=O)nc1C(C)C.CC(C)C(=O)CC(O)CC(O)CCn1c(-c2ccc(F)cc2)c(-c2ccccc2)c(C(=O)Nc2ccccc2)c1C(C)C.CCc1c(C(C)C)nc(C(C)C)c(/C=C/C(O)CC(O)CC(=O)C(C)C)c1-c1ccc(F)cc1. The van der Waals surface area contributed by atoms with Gasteiger partial charge < -0.3 is 40.5 Å². The largest absolute Gasteiger partial charge is 0.393 e. The molecule has 3 aromatic heterocycles. The summed E-state index contributed by atoms with van der Waals surface area (Å²) in [5, 5.41) is 66.0. The van der Waals surface area contributed by atoms with Crippen molar-refractivity contribution >= 4 is 57.1 Å². The zero-order chi connectivity index (χ0) is 83.2. The molecule has 0 aliphatic rings. The third kappa shape index (κ3) is 26.2. The number of aliphatic hydroxyl groups is 6. The van der Waals surface area contributed by atoms with Gasteiger partial charge in [0.25, 0.3) is 5.91 Å². The summed E-state index contributed by atoms with van der Waals surface area (Å²) in [6.45, 7) is 29.3. The lowest BCUT2D eigenvalue weighted by Crippen LogP contribution is -2.27. The van der Waals surface area contributed by atoms with E-state index in [1.807, 2.05) is 94.4 Å². The maximum absolute atomic E-state index is 14.1. The number of sulfonamides is 1. The van der Waals surface area contributed by atoms with E-state index in [2.05, 4.69) is 54.5 Å². The van der Waals surface area contributed by atoms with Crippen LogP contribution in [0.15, 0.2) is 146 Å². The average Bonchev–Trinajstić information content (AvgIpc) is 1.55. The molecule has 0 radical (unpaired) electrons. The van der Waals surface area contributed by atoms with E-state index in [0.717, 1.165) is 78.7 Å². The zero-order valence-corrected chi connectivity index (χ0v) is 68.6. The molecule has 6 atom stereocenters. The molecule has 8 rings (SSSR count). The maximum atomic E-state index is 14.1. The summed E-state index contributed by atoms with van der Waals surface area (Å²) >= 11 is 0. The first-order chi connectivity index (χ1) is 52.7. The highest BCUT2D eigenvalue weighted by molar-refractivity contribution is 7.92. The van der Waals surface area contributed by atoms with Crippen molar-refractivity contribution in [3.63, 3.8) is 0 Å². The number of halogens is 3. The maximum Gasteiger partial charge on any atom is 0.258 e. The van der Waals surface area contributed by atoms with Crippen LogP contribution in [0.4, 0.5) is 24.8 Å². The van der Waals surface area contributed by atoms with Gasteiger partial charge in [-0.2, -0.15) is 0 Å². The van der Waals surface area contributed by atoms with Crippen LogP contribution in [0.3, 0.4) is 0 Å². The average molecular weight is 1560 g/mol. The van der Waals surface area contributed by atoms with Gasteiger partial charge in [-0.1, -0.05) is 189 Å².